The third-order valence-electron chi connectivity index (χ3n) is 4.89. The Labute approximate surface area is 125 Å². The van der Waals surface area contributed by atoms with Crippen molar-refractivity contribution < 1.29 is 9.53 Å². The van der Waals surface area contributed by atoms with Crippen molar-refractivity contribution in [3.63, 3.8) is 0 Å². The summed E-state index contributed by atoms with van der Waals surface area (Å²) < 4.78 is 5.42. The van der Waals surface area contributed by atoms with Crippen LogP contribution in [-0.2, 0) is 0 Å². The van der Waals surface area contributed by atoms with E-state index in [9.17, 15) is 4.79 Å². The van der Waals surface area contributed by atoms with Gasteiger partial charge in [-0.25, -0.2) is 9.78 Å². The molecule has 0 saturated carbocycles. The number of ether oxygens (including phenoxy) is 1. The number of piperidine rings is 2. The number of carbonyl (C=O) groups excluding carboxylic acids is 1. The summed E-state index contributed by atoms with van der Waals surface area (Å²) in [5.41, 5.74) is 1.33. The van der Waals surface area contributed by atoms with E-state index in [0.29, 0.717) is 11.3 Å². The zero-order chi connectivity index (χ0) is 14.7. The molecule has 5 nitrogen and oxygen atoms in total. The van der Waals surface area contributed by atoms with Crippen molar-refractivity contribution >= 4 is 6.09 Å². The number of likely N-dealkylation sites (tertiary alicyclic amines) is 1. The lowest BCUT2D eigenvalue weighted by molar-refractivity contribution is 0.0717. The molecule has 0 aromatic carbocycles. The van der Waals surface area contributed by atoms with Gasteiger partial charge in [0.2, 0.25) is 5.88 Å². The van der Waals surface area contributed by atoms with Gasteiger partial charge in [0.05, 0.1) is 0 Å². The summed E-state index contributed by atoms with van der Waals surface area (Å²) in [6.07, 6.45) is 6.02. The number of hydrogen-bond acceptors (Lipinski definition) is 4. The van der Waals surface area contributed by atoms with Crippen LogP contribution in [0.2, 0.25) is 0 Å². The number of amides is 1. The molecule has 0 unspecified atom stereocenters. The molecule has 1 aromatic heterocycles. The topological polar surface area (TPSA) is 54.5 Å². The maximum atomic E-state index is 12.2. The van der Waals surface area contributed by atoms with Crippen molar-refractivity contribution in [3.8, 4) is 5.88 Å². The highest BCUT2D eigenvalue weighted by molar-refractivity contribution is 5.70. The van der Waals surface area contributed by atoms with E-state index >= 15 is 0 Å². The smallest absolute Gasteiger partial charge is 0.391 e. The van der Waals surface area contributed by atoms with Crippen LogP contribution in [-0.4, -0.2) is 42.2 Å². The van der Waals surface area contributed by atoms with Crippen molar-refractivity contribution in [1.29, 1.82) is 0 Å². The predicted molar refractivity (Wildman–Crippen MR) is 80.3 cm³/mol. The zero-order valence-corrected chi connectivity index (χ0v) is 12.6. The molecule has 2 fully saturated rings. The first-order valence-corrected chi connectivity index (χ1v) is 7.78. The molecule has 21 heavy (non-hydrogen) atoms. The molecule has 2 aliphatic rings. The molecule has 5 heteroatoms. The summed E-state index contributed by atoms with van der Waals surface area (Å²) >= 11 is 0. The first-order chi connectivity index (χ1) is 10.2. The lowest BCUT2D eigenvalue weighted by atomic mass is 9.72. The van der Waals surface area contributed by atoms with Crippen molar-refractivity contribution in [2.75, 3.05) is 26.2 Å². The number of aromatic nitrogens is 1. The summed E-state index contributed by atoms with van der Waals surface area (Å²) in [6.45, 7) is 5.71. The molecule has 1 aromatic rings. The maximum Gasteiger partial charge on any atom is 0.416 e. The van der Waals surface area contributed by atoms with Gasteiger partial charge >= 0.3 is 6.09 Å². The Morgan fingerprint density at radius 1 is 1.29 bits per heavy atom. The SMILES string of the molecule is Cc1cccnc1OC(=O)N1CCC2(CCNCC2)CC1. The van der Waals surface area contributed by atoms with Gasteiger partial charge in [-0.05, 0) is 57.2 Å². The van der Waals surface area contributed by atoms with E-state index in [-0.39, 0.29) is 6.09 Å². The van der Waals surface area contributed by atoms with Gasteiger partial charge in [-0.1, -0.05) is 6.07 Å². The fraction of sp³-hybridized carbons (Fsp3) is 0.625. The normalized spacial score (nSPS) is 21.3. The fourth-order valence-corrected chi connectivity index (χ4v) is 3.35. The highest BCUT2D eigenvalue weighted by Gasteiger charge is 2.37. The average molecular weight is 289 g/mol. The molecule has 0 aliphatic carbocycles. The van der Waals surface area contributed by atoms with Crippen molar-refractivity contribution in [3.05, 3.63) is 23.9 Å². The van der Waals surface area contributed by atoms with Gasteiger partial charge in [-0.2, -0.15) is 0 Å². The van der Waals surface area contributed by atoms with E-state index < -0.39 is 0 Å². The van der Waals surface area contributed by atoms with Crippen LogP contribution in [0, 0.1) is 12.3 Å². The average Bonchev–Trinajstić information content (AvgIpc) is 2.51. The van der Waals surface area contributed by atoms with Gasteiger partial charge < -0.3 is 15.0 Å². The highest BCUT2D eigenvalue weighted by Crippen LogP contribution is 2.39. The third-order valence-corrected chi connectivity index (χ3v) is 4.89. The summed E-state index contributed by atoms with van der Waals surface area (Å²) in [7, 11) is 0. The minimum Gasteiger partial charge on any atom is -0.391 e. The molecule has 2 saturated heterocycles. The van der Waals surface area contributed by atoms with E-state index in [4.69, 9.17) is 4.74 Å². The molecular weight excluding hydrogens is 266 g/mol. The summed E-state index contributed by atoms with van der Waals surface area (Å²) in [4.78, 5) is 18.2. The quantitative estimate of drug-likeness (QED) is 0.862. The fourth-order valence-electron chi connectivity index (χ4n) is 3.35. The number of aryl methyl sites for hydroxylation is 1. The van der Waals surface area contributed by atoms with E-state index in [1.807, 2.05) is 24.0 Å². The Morgan fingerprint density at radius 2 is 2.00 bits per heavy atom. The molecule has 0 bridgehead atoms. The van der Waals surface area contributed by atoms with Crippen LogP contribution in [0.3, 0.4) is 0 Å². The first kappa shape index (κ1) is 14.3. The Bertz CT molecular complexity index is 502. The molecule has 2 aliphatic heterocycles. The summed E-state index contributed by atoms with van der Waals surface area (Å²) in [5.74, 6) is 0.421. The Morgan fingerprint density at radius 3 is 2.67 bits per heavy atom. The first-order valence-electron chi connectivity index (χ1n) is 7.78. The molecule has 0 atom stereocenters. The lowest BCUT2D eigenvalue weighted by Gasteiger charge is -2.43. The zero-order valence-electron chi connectivity index (χ0n) is 12.6. The number of nitrogens with one attached hydrogen (secondary N) is 1. The van der Waals surface area contributed by atoms with Gasteiger partial charge in [-0.15, -0.1) is 0 Å². The van der Waals surface area contributed by atoms with Crippen LogP contribution >= 0.6 is 0 Å². The number of carbonyl (C=O) groups is 1. The van der Waals surface area contributed by atoms with E-state index in [0.717, 1.165) is 44.6 Å². The van der Waals surface area contributed by atoms with Crippen LogP contribution in [0.4, 0.5) is 4.79 Å². The minimum absolute atomic E-state index is 0.263. The summed E-state index contributed by atoms with van der Waals surface area (Å²) in [5, 5.41) is 3.42. The van der Waals surface area contributed by atoms with Crippen molar-refractivity contribution in [2.24, 2.45) is 5.41 Å². The monoisotopic (exact) mass is 289 g/mol. The van der Waals surface area contributed by atoms with Crippen LogP contribution in [0.15, 0.2) is 18.3 Å². The predicted octanol–water partition coefficient (Wildman–Crippen LogP) is 2.35. The Balaban J connectivity index is 1.57. The van der Waals surface area contributed by atoms with Gasteiger partial charge in [0.25, 0.3) is 0 Å². The number of hydrogen-bond donors (Lipinski definition) is 1. The van der Waals surface area contributed by atoms with Crippen LogP contribution in [0.25, 0.3) is 0 Å². The molecule has 1 N–H and O–H groups in total. The number of pyridine rings is 1. The second-order valence-corrected chi connectivity index (χ2v) is 6.23. The second-order valence-electron chi connectivity index (χ2n) is 6.23. The standard InChI is InChI=1S/C16H23N3O2/c1-13-3-2-8-18-14(13)21-15(20)19-11-6-16(7-12-19)4-9-17-10-5-16/h2-3,8,17H,4-7,9-12H2,1H3. The van der Waals surface area contributed by atoms with Crippen LogP contribution in [0.5, 0.6) is 5.88 Å². The molecule has 1 spiro atoms. The Hall–Kier alpha value is -1.62. The van der Waals surface area contributed by atoms with E-state index in [1.165, 1.54) is 12.8 Å². The van der Waals surface area contributed by atoms with Crippen molar-refractivity contribution in [2.45, 2.75) is 32.6 Å². The Kier molecular flexibility index (Phi) is 4.10. The van der Waals surface area contributed by atoms with Crippen LogP contribution < -0.4 is 10.1 Å². The molecule has 0 radical (unpaired) electrons. The molecular formula is C16H23N3O2. The van der Waals surface area contributed by atoms with Crippen LogP contribution in [0.1, 0.15) is 31.2 Å². The highest BCUT2D eigenvalue weighted by atomic mass is 16.6. The molecule has 3 heterocycles. The van der Waals surface area contributed by atoms with Gasteiger partial charge in [0.15, 0.2) is 0 Å². The minimum atomic E-state index is -0.263. The maximum absolute atomic E-state index is 12.2. The largest absolute Gasteiger partial charge is 0.416 e. The van der Waals surface area contributed by atoms with Crippen molar-refractivity contribution in [1.82, 2.24) is 15.2 Å². The van der Waals surface area contributed by atoms with E-state index in [1.54, 1.807) is 6.20 Å². The van der Waals surface area contributed by atoms with E-state index in [2.05, 4.69) is 10.3 Å². The lowest BCUT2D eigenvalue weighted by Crippen LogP contribution is -2.48. The molecule has 1 amide bonds. The van der Waals surface area contributed by atoms with Gasteiger partial charge in [0.1, 0.15) is 0 Å². The summed E-state index contributed by atoms with van der Waals surface area (Å²) in [6, 6.07) is 3.74. The van der Waals surface area contributed by atoms with Gasteiger partial charge in [0, 0.05) is 24.8 Å². The van der Waals surface area contributed by atoms with Gasteiger partial charge in [-0.3, -0.25) is 0 Å². The third kappa shape index (κ3) is 3.18. The number of nitrogens with zero attached hydrogens (tertiary/aromatic N) is 2. The molecule has 114 valence electrons. The molecule has 3 rings (SSSR count). The number of rotatable bonds is 1. The second kappa shape index (κ2) is 6.02.